The molecule has 1 aromatic carbocycles. The van der Waals surface area contributed by atoms with Gasteiger partial charge in [-0.1, -0.05) is 48.9 Å². The molecule has 24 heavy (non-hydrogen) atoms. The molecule has 1 aromatic rings. The first-order chi connectivity index (χ1) is 11.7. The number of carbonyl (C=O) groups is 1. The molecule has 2 fully saturated rings. The molecule has 4 heteroatoms. The van der Waals surface area contributed by atoms with Crippen LogP contribution >= 0.6 is 0 Å². The van der Waals surface area contributed by atoms with Crippen LogP contribution in [0.1, 0.15) is 37.4 Å². The van der Waals surface area contributed by atoms with Crippen molar-refractivity contribution < 1.29 is 14.6 Å². The summed E-state index contributed by atoms with van der Waals surface area (Å²) in [6.45, 7) is 1.07. The Balaban J connectivity index is 1.62. The second-order valence-corrected chi connectivity index (χ2v) is 7.30. The van der Waals surface area contributed by atoms with Gasteiger partial charge in [0.05, 0.1) is 11.6 Å². The second-order valence-electron chi connectivity index (χ2n) is 7.30. The quantitative estimate of drug-likeness (QED) is 0.850. The first-order valence-electron chi connectivity index (χ1n) is 8.86. The maximum Gasteiger partial charge on any atom is 0.338 e. The van der Waals surface area contributed by atoms with Crippen molar-refractivity contribution in [1.29, 1.82) is 0 Å². The van der Waals surface area contributed by atoms with E-state index in [0.29, 0.717) is 11.6 Å². The monoisotopic (exact) mass is 323 g/mol. The Morgan fingerprint density at radius 3 is 2.92 bits per heavy atom. The Labute approximate surface area is 141 Å². The molecule has 5 rings (SSSR count). The standard InChI is InChI=1S/C20H21NO3/c22-18(13-6-2-1-3-7-13)17-15-10-9-14-12-20(15,24-19(17)23)16-8-4-5-11-21(14)16/h1-3,6-7,9-10,14,16,18,22H,4-5,8,11-12H2/t14-,16-,18?,20+/m1/s1. The van der Waals surface area contributed by atoms with Crippen LogP contribution in [-0.4, -0.2) is 40.2 Å². The fourth-order valence-electron chi connectivity index (χ4n) is 5.11. The Bertz CT molecular complexity index is 753. The van der Waals surface area contributed by atoms with Gasteiger partial charge in [0, 0.05) is 18.0 Å². The van der Waals surface area contributed by atoms with Crippen molar-refractivity contribution in [2.24, 2.45) is 0 Å². The van der Waals surface area contributed by atoms with Gasteiger partial charge in [-0.3, -0.25) is 4.90 Å². The fourth-order valence-corrected chi connectivity index (χ4v) is 5.11. The predicted octanol–water partition coefficient (Wildman–Crippen LogP) is 2.51. The fraction of sp³-hybridized carbons (Fsp3) is 0.450. The van der Waals surface area contributed by atoms with Crippen LogP contribution in [0, 0.1) is 0 Å². The van der Waals surface area contributed by atoms with Crippen LogP contribution in [0.25, 0.3) is 0 Å². The minimum atomic E-state index is -0.924. The lowest BCUT2D eigenvalue weighted by Crippen LogP contribution is -2.48. The van der Waals surface area contributed by atoms with Crippen molar-refractivity contribution in [2.45, 2.75) is 49.5 Å². The number of aliphatic hydroxyl groups is 1. The van der Waals surface area contributed by atoms with E-state index in [-0.39, 0.29) is 12.0 Å². The number of aliphatic hydroxyl groups excluding tert-OH is 1. The molecule has 4 nitrogen and oxygen atoms in total. The van der Waals surface area contributed by atoms with Crippen molar-refractivity contribution in [3.63, 3.8) is 0 Å². The second kappa shape index (κ2) is 5.04. The summed E-state index contributed by atoms with van der Waals surface area (Å²) in [4.78, 5) is 15.2. The predicted molar refractivity (Wildman–Crippen MR) is 89.1 cm³/mol. The van der Waals surface area contributed by atoms with E-state index in [4.69, 9.17) is 4.74 Å². The summed E-state index contributed by atoms with van der Waals surface area (Å²) in [6, 6.07) is 9.99. The van der Waals surface area contributed by atoms with E-state index in [9.17, 15) is 9.90 Å². The van der Waals surface area contributed by atoms with Crippen LogP contribution in [0.4, 0.5) is 0 Å². The Morgan fingerprint density at radius 2 is 2.08 bits per heavy atom. The van der Waals surface area contributed by atoms with Gasteiger partial charge in [0.1, 0.15) is 6.10 Å². The van der Waals surface area contributed by atoms with Crippen LogP contribution in [0.15, 0.2) is 53.6 Å². The van der Waals surface area contributed by atoms with Gasteiger partial charge in [-0.15, -0.1) is 0 Å². The lowest BCUT2D eigenvalue weighted by Gasteiger charge is -2.37. The topological polar surface area (TPSA) is 49.8 Å². The maximum atomic E-state index is 12.7. The third kappa shape index (κ3) is 1.78. The Morgan fingerprint density at radius 1 is 1.25 bits per heavy atom. The first kappa shape index (κ1) is 14.4. The van der Waals surface area contributed by atoms with Crippen LogP contribution in [0.5, 0.6) is 0 Å². The third-order valence-corrected chi connectivity index (χ3v) is 6.14. The highest BCUT2D eigenvalue weighted by molar-refractivity contribution is 5.96. The van der Waals surface area contributed by atoms with Crippen molar-refractivity contribution in [3.8, 4) is 0 Å². The number of piperidine rings is 1. The molecule has 0 saturated carbocycles. The van der Waals surface area contributed by atoms with Gasteiger partial charge in [0.25, 0.3) is 0 Å². The van der Waals surface area contributed by atoms with Gasteiger partial charge in [0.15, 0.2) is 5.60 Å². The van der Waals surface area contributed by atoms with Gasteiger partial charge in [-0.25, -0.2) is 4.79 Å². The molecular weight excluding hydrogens is 302 g/mol. The van der Waals surface area contributed by atoms with Crippen LogP contribution < -0.4 is 0 Å². The normalized spacial score (nSPS) is 35.6. The first-order valence-corrected chi connectivity index (χ1v) is 8.86. The largest absolute Gasteiger partial charge is 0.449 e. The Kier molecular flexibility index (Phi) is 3.03. The summed E-state index contributed by atoms with van der Waals surface area (Å²) in [5.74, 6) is -0.348. The molecule has 0 aromatic heterocycles. The molecule has 3 aliphatic heterocycles. The average molecular weight is 323 g/mol. The van der Waals surface area contributed by atoms with E-state index in [1.165, 1.54) is 12.8 Å². The minimum Gasteiger partial charge on any atom is -0.449 e. The molecule has 0 amide bonds. The highest BCUT2D eigenvalue weighted by atomic mass is 16.6. The number of nitrogens with zero attached hydrogens (tertiary/aromatic N) is 1. The van der Waals surface area contributed by atoms with Crippen molar-refractivity contribution in [2.75, 3.05) is 6.54 Å². The SMILES string of the molecule is O=C1O[C@@]23C[C@@H](C=CC2=C1C(O)c1ccccc1)N1CCCC[C@@H]13. The molecular formula is C20H21NO3. The summed E-state index contributed by atoms with van der Waals surface area (Å²) in [5.41, 5.74) is 1.54. The molecule has 2 saturated heterocycles. The molecule has 0 radical (unpaired) electrons. The molecule has 4 aliphatic rings. The zero-order valence-electron chi connectivity index (χ0n) is 13.5. The van der Waals surface area contributed by atoms with Gasteiger partial charge in [-0.05, 0) is 24.9 Å². The minimum absolute atomic E-state index is 0.255. The number of benzene rings is 1. The van der Waals surface area contributed by atoms with Crippen molar-refractivity contribution >= 4 is 5.97 Å². The molecule has 3 heterocycles. The smallest absolute Gasteiger partial charge is 0.338 e. The molecule has 1 unspecified atom stereocenters. The molecule has 124 valence electrons. The average Bonchev–Trinajstić information content (AvgIpc) is 3.06. The summed E-state index contributed by atoms with van der Waals surface area (Å²) in [5, 5.41) is 10.8. The third-order valence-electron chi connectivity index (χ3n) is 6.14. The van der Waals surface area contributed by atoms with Crippen LogP contribution in [0.2, 0.25) is 0 Å². The number of esters is 1. The highest BCUT2D eigenvalue weighted by Crippen LogP contribution is 2.54. The van der Waals surface area contributed by atoms with Crippen molar-refractivity contribution in [3.05, 3.63) is 59.2 Å². The molecule has 1 N–H and O–H groups in total. The summed E-state index contributed by atoms with van der Waals surface area (Å²) in [6.07, 6.45) is 7.59. The lowest BCUT2D eigenvalue weighted by atomic mass is 9.78. The van der Waals surface area contributed by atoms with E-state index in [1.54, 1.807) is 0 Å². The van der Waals surface area contributed by atoms with E-state index in [2.05, 4.69) is 11.0 Å². The zero-order valence-corrected chi connectivity index (χ0v) is 13.5. The number of hydrogen-bond donors (Lipinski definition) is 1. The van der Waals surface area contributed by atoms with Gasteiger partial charge < -0.3 is 9.84 Å². The van der Waals surface area contributed by atoms with Gasteiger partial charge >= 0.3 is 5.97 Å². The Hall–Kier alpha value is -1.91. The molecule has 1 aliphatic carbocycles. The van der Waals surface area contributed by atoms with Crippen LogP contribution in [-0.2, 0) is 9.53 Å². The summed E-state index contributed by atoms with van der Waals surface area (Å²) < 4.78 is 6.00. The van der Waals surface area contributed by atoms with Gasteiger partial charge in [0.2, 0.25) is 0 Å². The summed E-state index contributed by atoms with van der Waals surface area (Å²) in [7, 11) is 0. The maximum absolute atomic E-state index is 12.7. The van der Waals surface area contributed by atoms with E-state index in [1.807, 2.05) is 36.4 Å². The molecule has 4 atom stereocenters. The molecule has 2 bridgehead atoms. The number of hydrogen-bond acceptors (Lipinski definition) is 4. The zero-order chi connectivity index (χ0) is 16.3. The van der Waals surface area contributed by atoms with Gasteiger partial charge in [-0.2, -0.15) is 0 Å². The summed E-state index contributed by atoms with van der Waals surface area (Å²) >= 11 is 0. The molecule has 1 spiro atoms. The number of fused-ring (bicyclic) bond motifs is 3. The van der Waals surface area contributed by atoms with E-state index in [0.717, 1.165) is 30.5 Å². The number of rotatable bonds is 2. The number of ether oxygens (including phenoxy) is 1. The lowest BCUT2D eigenvalue weighted by molar-refractivity contribution is -0.150. The van der Waals surface area contributed by atoms with E-state index >= 15 is 0 Å². The van der Waals surface area contributed by atoms with Crippen molar-refractivity contribution in [1.82, 2.24) is 4.90 Å². The number of carbonyl (C=O) groups excluding carboxylic acids is 1. The van der Waals surface area contributed by atoms with Crippen LogP contribution in [0.3, 0.4) is 0 Å². The highest BCUT2D eigenvalue weighted by Gasteiger charge is 2.62. The van der Waals surface area contributed by atoms with E-state index < -0.39 is 11.7 Å².